The molecule has 0 aliphatic rings. The van der Waals surface area contributed by atoms with E-state index in [1.807, 2.05) is 0 Å². The number of rotatable bonds is 7. The number of nitrogens with one attached hydrogen (secondary N) is 1. The van der Waals surface area contributed by atoms with E-state index in [4.69, 9.17) is 16.2 Å². The van der Waals surface area contributed by atoms with E-state index in [1.165, 1.54) is 30.3 Å². The maximum Gasteiger partial charge on any atom is 0.425 e. The van der Waals surface area contributed by atoms with Gasteiger partial charge in [0.05, 0.1) is 5.56 Å². The molecule has 0 spiro atoms. The Morgan fingerprint density at radius 1 is 1.11 bits per heavy atom. The van der Waals surface area contributed by atoms with Gasteiger partial charge in [0.25, 0.3) is 5.91 Å². The fraction of sp³-hybridized carbons (Fsp3) is 0.300. The molecule has 15 heteroatoms. The average molecular weight is 503 g/mol. The second-order valence-corrected chi connectivity index (χ2v) is 7.35. The van der Waals surface area contributed by atoms with Crippen LogP contribution < -0.4 is 21.5 Å². The van der Waals surface area contributed by atoms with Crippen LogP contribution in [0.1, 0.15) is 28.7 Å². The maximum atomic E-state index is 12.6. The molecule has 0 bridgehead atoms. The van der Waals surface area contributed by atoms with Crippen LogP contribution >= 0.6 is 0 Å². The Labute approximate surface area is 194 Å². The van der Waals surface area contributed by atoms with Crippen LogP contribution in [0.5, 0.6) is 5.75 Å². The van der Waals surface area contributed by atoms with Crippen LogP contribution in [-0.4, -0.2) is 44.1 Å². The predicted molar refractivity (Wildman–Crippen MR) is 111 cm³/mol. The summed E-state index contributed by atoms with van der Waals surface area (Å²) in [5.41, 5.74) is 12.0. The predicted octanol–water partition coefficient (Wildman–Crippen LogP) is 3.19. The minimum atomic E-state index is -4.51. The van der Waals surface area contributed by atoms with E-state index in [1.54, 1.807) is 0 Å². The zero-order valence-corrected chi connectivity index (χ0v) is 18.0. The number of pyridine rings is 1. The second-order valence-electron chi connectivity index (χ2n) is 7.35. The fourth-order valence-electron chi connectivity index (χ4n) is 2.81. The van der Waals surface area contributed by atoms with Crippen LogP contribution in [0, 0.1) is 0 Å². The van der Waals surface area contributed by atoms with E-state index in [0.717, 1.165) is 17.9 Å². The van der Waals surface area contributed by atoms with Crippen molar-refractivity contribution in [3.05, 3.63) is 53.6 Å². The Bertz CT molecular complexity index is 1190. The topological polar surface area (TPSA) is 134 Å². The molecule has 3 rings (SSSR count). The molecule has 1 unspecified atom stereocenters. The highest BCUT2D eigenvalue weighted by Crippen LogP contribution is 2.25. The van der Waals surface area contributed by atoms with Crippen LogP contribution in [0.4, 0.5) is 38.0 Å². The van der Waals surface area contributed by atoms with Crippen molar-refractivity contribution in [2.75, 3.05) is 11.5 Å². The van der Waals surface area contributed by atoms with Crippen LogP contribution in [0.2, 0.25) is 0 Å². The van der Waals surface area contributed by atoms with Gasteiger partial charge in [-0.15, -0.1) is 0 Å². The van der Waals surface area contributed by atoms with Crippen LogP contribution in [0.3, 0.4) is 0 Å². The smallest absolute Gasteiger partial charge is 0.425 e. The summed E-state index contributed by atoms with van der Waals surface area (Å²) in [6.07, 6.45) is -11.4. The zero-order chi connectivity index (χ0) is 26.0. The lowest BCUT2D eigenvalue weighted by molar-refractivity contribution is -0.189. The summed E-state index contributed by atoms with van der Waals surface area (Å²) < 4.78 is 81.2. The molecule has 5 N–H and O–H groups in total. The highest BCUT2D eigenvalue weighted by molar-refractivity contribution is 5.99. The van der Waals surface area contributed by atoms with Gasteiger partial charge in [-0.2, -0.15) is 31.4 Å². The number of halogens is 6. The molecule has 1 amide bonds. The van der Waals surface area contributed by atoms with Crippen molar-refractivity contribution in [1.29, 1.82) is 0 Å². The normalized spacial score (nSPS) is 12.9. The Morgan fingerprint density at radius 3 is 2.37 bits per heavy atom. The van der Waals surface area contributed by atoms with Crippen molar-refractivity contribution in [3.63, 3.8) is 0 Å². The number of nitrogen functional groups attached to an aromatic ring is 2. The van der Waals surface area contributed by atoms with Gasteiger partial charge in [0.1, 0.15) is 30.0 Å². The lowest BCUT2D eigenvalue weighted by Crippen LogP contribution is -2.31. The average Bonchev–Trinajstić information content (AvgIpc) is 3.18. The molecular weight excluding hydrogens is 484 g/mol. The molecule has 2 aromatic heterocycles. The third-order valence-electron chi connectivity index (χ3n) is 4.60. The summed E-state index contributed by atoms with van der Waals surface area (Å²) >= 11 is 0. The quantitative estimate of drug-likeness (QED) is 0.422. The first-order valence-electron chi connectivity index (χ1n) is 9.87. The lowest BCUT2D eigenvalue weighted by Gasteiger charge is -2.17. The van der Waals surface area contributed by atoms with Gasteiger partial charge in [0, 0.05) is 6.54 Å². The Kier molecular flexibility index (Phi) is 7.07. The monoisotopic (exact) mass is 503 g/mol. The first-order chi connectivity index (χ1) is 16.2. The Hall–Kier alpha value is -4.04. The number of aromatic nitrogens is 4. The fourth-order valence-corrected chi connectivity index (χ4v) is 2.81. The molecule has 0 radical (unpaired) electrons. The molecule has 1 aromatic carbocycles. The van der Waals surface area contributed by atoms with Gasteiger partial charge in [0.2, 0.25) is 0 Å². The number of benzene rings is 1. The van der Waals surface area contributed by atoms with Crippen molar-refractivity contribution < 1.29 is 35.9 Å². The van der Waals surface area contributed by atoms with Crippen molar-refractivity contribution in [3.8, 4) is 11.4 Å². The molecule has 0 saturated carbocycles. The van der Waals surface area contributed by atoms with Gasteiger partial charge in [-0.25, -0.2) is 14.6 Å². The second kappa shape index (κ2) is 9.68. The number of anilines is 2. The van der Waals surface area contributed by atoms with E-state index < -0.39 is 36.6 Å². The molecule has 0 aliphatic heterocycles. The highest BCUT2D eigenvalue weighted by Gasteiger charge is 2.38. The van der Waals surface area contributed by atoms with E-state index in [0.29, 0.717) is 5.56 Å². The van der Waals surface area contributed by atoms with Gasteiger partial charge >= 0.3 is 12.4 Å². The number of carbonyl (C=O) groups excluding carboxylic acids is 1. The summed E-state index contributed by atoms with van der Waals surface area (Å²) in [5, 5.41) is 6.27. The van der Waals surface area contributed by atoms with E-state index >= 15 is 0 Å². The SMILES string of the molecule is CC(Oc1ccc(CNC(=O)c2cc(-n3cnc(CC(F)(F)F)n3)c(N)nc2N)cc1)C(F)(F)F. The minimum absolute atomic E-state index is 0.000697. The molecule has 35 heavy (non-hydrogen) atoms. The summed E-state index contributed by atoms with van der Waals surface area (Å²) in [7, 11) is 0. The lowest BCUT2D eigenvalue weighted by atomic mass is 10.2. The molecular formula is C20H19F6N7O2. The van der Waals surface area contributed by atoms with E-state index in [2.05, 4.69) is 20.4 Å². The zero-order valence-electron chi connectivity index (χ0n) is 18.0. The first-order valence-corrected chi connectivity index (χ1v) is 9.87. The van der Waals surface area contributed by atoms with E-state index in [9.17, 15) is 31.1 Å². The third-order valence-corrected chi connectivity index (χ3v) is 4.60. The molecule has 0 saturated heterocycles. The van der Waals surface area contributed by atoms with Gasteiger partial charge in [-0.05, 0) is 30.7 Å². The third kappa shape index (κ3) is 6.74. The maximum absolute atomic E-state index is 12.6. The van der Waals surface area contributed by atoms with Crippen molar-refractivity contribution in [2.45, 2.75) is 38.3 Å². The molecule has 2 heterocycles. The summed E-state index contributed by atoms with van der Waals surface area (Å²) in [5.74, 6) is -1.61. The van der Waals surface area contributed by atoms with E-state index in [-0.39, 0.29) is 35.2 Å². The molecule has 1 atom stereocenters. The molecule has 188 valence electrons. The molecule has 9 nitrogen and oxygen atoms in total. The number of hydrogen-bond acceptors (Lipinski definition) is 7. The van der Waals surface area contributed by atoms with Crippen LogP contribution in [-0.2, 0) is 13.0 Å². The number of hydrogen-bond donors (Lipinski definition) is 3. The number of carbonyl (C=O) groups is 1. The summed E-state index contributed by atoms with van der Waals surface area (Å²) in [6.45, 7) is 0.857. The van der Waals surface area contributed by atoms with Crippen molar-refractivity contribution >= 4 is 17.5 Å². The summed E-state index contributed by atoms with van der Waals surface area (Å²) in [4.78, 5) is 20.1. The van der Waals surface area contributed by atoms with Gasteiger partial charge in [0.15, 0.2) is 17.7 Å². The Balaban J connectivity index is 1.70. The Morgan fingerprint density at radius 2 is 1.77 bits per heavy atom. The van der Waals surface area contributed by atoms with Gasteiger partial charge in [-0.3, -0.25) is 4.79 Å². The molecule has 0 fully saturated rings. The minimum Gasteiger partial charge on any atom is -0.481 e. The van der Waals surface area contributed by atoms with Gasteiger partial charge in [-0.1, -0.05) is 12.1 Å². The number of nitrogens with zero attached hydrogens (tertiary/aromatic N) is 4. The number of nitrogens with two attached hydrogens (primary N) is 2. The van der Waals surface area contributed by atoms with Crippen molar-refractivity contribution in [2.24, 2.45) is 0 Å². The number of ether oxygens (including phenoxy) is 1. The highest BCUT2D eigenvalue weighted by atomic mass is 19.4. The number of amides is 1. The van der Waals surface area contributed by atoms with Crippen molar-refractivity contribution in [1.82, 2.24) is 25.1 Å². The number of alkyl halides is 6. The van der Waals surface area contributed by atoms with Gasteiger partial charge < -0.3 is 21.5 Å². The first kappa shape index (κ1) is 25.6. The largest absolute Gasteiger partial charge is 0.481 e. The molecule has 0 aliphatic carbocycles. The molecule has 3 aromatic rings. The summed E-state index contributed by atoms with van der Waals surface area (Å²) in [6, 6.07) is 6.78. The standard InChI is InChI=1S/C20H19F6N7O2/c1-10(20(24,25)26)35-12-4-2-11(3-5-12)8-29-18(34)13-6-14(17(28)31-16(13)27)33-9-30-15(32-33)7-19(21,22)23/h2-6,9-10H,7-8H2,1H3,(H,29,34)(H4,27,28,31). The van der Waals surface area contributed by atoms with Crippen LogP contribution in [0.25, 0.3) is 5.69 Å². The van der Waals surface area contributed by atoms with Crippen LogP contribution in [0.15, 0.2) is 36.7 Å².